The van der Waals surface area contributed by atoms with Crippen LogP contribution in [-0.4, -0.2) is 16.9 Å². The molecule has 0 saturated heterocycles. The van der Waals surface area contributed by atoms with Crippen LogP contribution in [0.5, 0.6) is 11.5 Å². The number of thiocarbonyl (C=S) groups is 1. The van der Waals surface area contributed by atoms with E-state index in [4.69, 9.17) is 37.7 Å². The smallest absolute Gasteiger partial charge is 0.427 e. The van der Waals surface area contributed by atoms with Crippen LogP contribution in [0.25, 0.3) is 11.1 Å². The van der Waals surface area contributed by atoms with Crippen LogP contribution in [0.3, 0.4) is 0 Å². The van der Waals surface area contributed by atoms with E-state index in [9.17, 15) is 4.79 Å². The van der Waals surface area contributed by atoms with Crippen molar-refractivity contribution in [2.75, 3.05) is 7.11 Å². The average Bonchev–Trinajstić information content (AvgIpc) is 2.83. The van der Waals surface area contributed by atoms with Gasteiger partial charge in [-0.25, -0.2) is 9.36 Å². The van der Waals surface area contributed by atoms with Gasteiger partial charge in [0, 0.05) is 5.02 Å². The molecular formula is C15H10ClNO4S. The highest BCUT2D eigenvalue weighted by Crippen LogP contribution is 2.21. The molecule has 0 saturated carbocycles. The molecule has 5 nitrogen and oxygen atoms in total. The van der Waals surface area contributed by atoms with Gasteiger partial charge in [-0.15, -0.1) is 0 Å². The van der Waals surface area contributed by atoms with Gasteiger partial charge in [0.2, 0.25) is 0 Å². The zero-order valence-electron chi connectivity index (χ0n) is 11.4. The van der Waals surface area contributed by atoms with Crippen LogP contribution in [0.15, 0.2) is 51.7 Å². The Bertz CT molecular complexity index is 898. The third kappa shape index (κ3) is 2.70. The van der Waals surface area contributed by atoms with Crippen LogP contribution >= 0.6 is 23.8 Å². The van der Waals surface area contributed by atoms with Crippen LogP contribution in [0.2, 0.25) is 5.02 Å². The first kappa shape index (κ1) is 14.6. The molecule has 0 atom stereocenters. The third-order valence-electron chi connectivity index (χ3n) is 2.99. The second-order valence-electron chi connectivity index (χ2n) is 4.36. The lowest BCUT2D eigenvalue weighted by Gasteiger charge is -2.07. The molecule has 0 fully saturated rings. The molecule has 22 heavy (non-hydrogen) atoms. The molecular weight excluding hydrogens is 326 g/mol. The van der Waals surface area contributed by atoms with Crippen LogP contribution in [0.4, 0.5) is 0 Å². The van der Waals surface area contributed by atoms with E-state index >= 15 is 0 Å². The molecule has 0 amide bonds. The first-order chi connectivity index (χ1) is 10.6. The number of rotatable bonds is 2. The number of hydrogen-bond acceptors (Lipinski definition) is 5. The highest BCUT2D eigenvalue weighted by Gasteiger charge is 2.15. The number of methoxy groups -OCH3 is 1. The quantitative estimate of drug-likeness (QED) is 0.671. The number of ether oxygens (including phenoxy) is 2. The van der Waals surface area contributed by atoms with Crippen LogP contribution in [0, 0.1) is 0 Å². The van der Waals surface area contributed by atoms with Gasteiger partial charge >= 0.3 is 5.76 Å². The van der Waals surface area contributed by atoms with Gasteiger partial charge in [-0.1, -0.05) is 11.6 Å². The molecule has 0 N–H and O–H groups in total. The third-order valence-corrected chi connectivity index (χ3v) is 3.49. The van der Waals surface area contributed by atoms with Crippen LogP contribution in [0.1, 0.15) is 0 Å². The maximum atomic E-state index is 11.9. The molecule has 0 unspecified atom stereocenters. The molecule has 1 aromatic heterocycles. The molecule has 0 aliphatic rings. The largest absolute Gasteiger partial charge is 0.497 e. The van der Waals surface area contributed by atoms with Gasteiger partial charge in [-0.05, 0) is 54.7 Å². The van der Waals surface area contributed by atoms with Crippen LogP contribution < -0.4 is 15.2 Å². The Labute approximate surface area is 135 Å². The van der Waals surface area contributed by atoms with E-state index in [0.717, 1.165) is 4.57 Å². The summed E-state index contributed by atoms with van der Waals surface area (Å²) < 4.78 is 16.9. The summed E-state index contributed by atoms with van der Waals surface area (Å²) in [5.41, 5.74) is 0.839. The Morgan fingerprint density at radius 3 is 2.55 bits per heavy atom. The fourth-order valence-electron chi connectivity index (χ4n) is 1.95. The molecule has 112 valence electrons. The Morgan fingerprint density at radius 2 is 1.86 bits per heavy atom. The summed E-state index contributed by atoms with van der Waals surface area (Å²) in [4.78, 5) is 11.9. The minimum Gasteiger partial charge on any atom is -0.497 e. The van der Waals surface area contributed by atoms with Crippen molar-refractivity contribution in [3.8, 4) is 11.5 Å². The van der Waals surface area contributed by atoms with E-state index in [1.54, 1.807) is 49.6 Å². The molecule has 1 heterocycles. The number of aromatic nitrogens is 1. The normalized spacial score (nSPS) is 10.6. The molecule has 0 radical (unpaired) electrons. The van der Waals surface area contributed by atoms with Gasteiger partial charge in [-0.3, -0.25) is 0 Å². The molecule has 0 spiro atoms. The Hall–Kier alpha value is -2.31. The first-order valence-corrected chi connectivity index (χ1v) is 7.04. The average molecular weight is 336 g/mol. The zero-order valence-corrected chi connectivity index (χ0v) is 13.0. The van der Waals surface area contributed by atoms with E-state index in [1.165, 1.54) is 0 Å². The highest BCUT2D eigenvalue weighted by atomic mass is 35.5. The minimum absolute atomic E-state index is 0.0452. The van der Waals surface area contributed by atoms with E-state index in [0.29, 0.717) is 27.6 Å². The van der Waals surface area contributed by atoms with Gasteiger partial charge in [0.1, 0.15) is 17.0 Å². The molecule has 0 aliphatic carbocycles. The van der Waals surface area contributed by atoms with Crippen molar-refractivity contribution in [3.05, 3.63) is 58.0 Å². The van der Waals surface area contributed by atoms with Crippen molar-refractivity contribution in [2.45, 2.75) is 0 Å². The zero-order chi connectivity index (χ0) is 15.7. The molecule has 2 aromatic carbocycles. The molecule has 7 heteroatoms. The summed E-state index contributed by atoms with van der Waals surface area (Å²) in [7, 11) is 1.57. The van der Waals surface area contributed by atoms with Gasteiger partial charge in [0.05, 0.1) is 7.11 Å². The number of nitrogens with zero attached hydrogens (tertiary/aromatic N) is 1. The second-order valence-corrected chi connectivity index (χ2v) is 5.14. The monoisotopic (exact) mass is 335 g/mol. The highest BCUT2D eigenvalue weighted by molar-refractivity contribution is 7.80. The maximum absolute atomic E-state index is 11.9. The number of hydrogen-bond donors (Lipinski definition) is 0. The predicted octanol–water partition coefficient (Wildman–Crippen LogP) is 3.47. The Balaban J connectivity index is 1.96. The first-order valence-electron chi connectivity index (χ1n) is 6.26. The summed E-state index contributed by atoms with van der Waals surface area (Å²) in [5, 5.41) is 0.422. The van der Waals surface area contributed by atoms with Crippen molar-refractivity contribution in [1.82, 2.24) is 4.57 Å². The van der Waals surface area contributed by atoms with Gasteiger partial charge in [-0.2, -0.15) is 0 Å². The maximum Gasteiger partial charge on any atom is 0.427 e. The minimum atomic E-state index is -0.629. The van der Waals surface area contributed by atoms with Crippen molar-refractivity contribution < 1.29 is 13.9 Å². The summed E-state index contributed by atoms with van der Waals surface area (Å²) in [5.74, 6) is 0.542. The fourth-order valence-corrected chi connectivity index (χ4v) is 2.39. The lowest BCUT2D eigenvalue weighted by molar-refractivity contribution is 0.413. The van der Waals surface area contributed by atoms with Gasteiger partial charge in [0.15, 0.2) is 5.58 Å². The van der Waals surface area contributed by atoms with E-state index < -0.39 is 5.76 Å². The lowest BCUT2D eigenvalue weighted by atomic mass is 10.3. The van der Waals surface area contributed by atoms with Gasteiger partial charge < -0.3 is 13.9 Å². The number of halogens is 1. The number of oxazole rings is 1. The Kier molecular flexibility index (Phi) is 3.87. The van der Waals surface area contributed by atoms with Gasteiger partial charge in [0.25, 0.3) is 5.17 Å². The molecule has 0 aliphatic heterocycles. The molecule has 3 rings (SSSR count). The number of benzene rings is 2. The molecule has 3 aromatic rings. The van der Waals surface area contributed by atoms with Crippen LogP contribution in [-0.2, 0) is 0 Å². The summed E-state index contributed by atoms with van der Waals surface area (Å²) >= 11 is 11.1. The lowest BCUT2D eigenvalue weighted by Crippen LogP contribution is -2.25. The predicted molar refractivity (Wildman–Crippen MR) is 87.1 cm³/mol. The summed E-state index contributed by atoms with van der Waals surface area (Å²) in [6, 6.07) is 11.6. The van der Waals surface area contributed by atoms with Crippen molar-refractivity contribution in [2.24, 2.45) is 0 Å². The van der Waals surface area contributed by atoms with E-state index in [1.807, 2.05) is 0 Å². The second kappa shape index (κ2) is 5.82. The summed E-state index contributed by atoms with van der Waals surface area (Å²) in [6.07, 6.45) is 0. The summed E-state index contributed by atoms with van der Waals surface area (Å²) in [6.45, 7) is 0. The fraction of sp³-hybridized carbons (Fsp3) is 0.0667. The van der Waals surface area contributed by atoms with E-state index in [2.05, 4.69) is 0 Å². The van der Waals surface area contributed by atoms with Crippen molar-refractivity contribution in [3.63, 3.8) is 0 Å². The standard InChI is InChI=1S/C15H10ClNO4S/c1-19-10-3-5-11(6-4-10)20-15(22)17-12-8-9(16)2-7-13(12)21-14(17)18/h2-8H,1H3. The number of fused-ring (bicyclic) bond motifs is 1. The topological polar surface area (TPSA) is 53.6 Å². The van der Waals surface area contributed by atoms with Crippen molar-refractivity contribution >= 4 is 40.1 Å². The Morgan fingerprint density at radius 1 is 1.18 bits per heavy atom. The van der Waals surface area contributed by atoms with Crippen molar-refractivity contribution in [1.29, 1.82) is 0 Å². The SMILES string of the molecule is COc1ccc(OC(=S)n2c(=O)oc3ccc(Cl)cc32)cc1. The van der Waals surface area contributed by atoms with E-state index in [-0.39, 0.29) is 5.17 Å². The molecule has 0 bridgehead atoms.